The lowest BCUT2D eigenvalue weighted by atomic mass is 9.78. The number of rotatable bonds is 6. The van der Waals surface area contributed by atoms with E-state index in [0.717, 1.165) is 12.8 Å². The molecule has 1 rings (SSSR count). The third kappa shape index (κ3) is 7.49. The summed E-state index contributed by atoms with van der Waals surface area (Å²) in [5.41, 5.74) is -0.692. The fraction of sp³-hybridized carbons (Fsp3) is 0.947. The number of hydrogen-bond acceptors (Lipinski definition) is 5. The fourth-order valence-electron chi connectivity index (χ4n) is 3.46. The van der Waals surface area contributed by atoms with E-state index in [0.29, 0.717) is 37.0 Å². The van der Waals surface area contributed by atoms with E-state index in [1.807, 2.05) is 20.8 Å². The van der Waals surface area contributed by atoms with Crippen molar-refractivity contribution in [2.75, 3.05) is 13.7 Å². The molecule has 5 heteroatoms. The van der Waals surface area contributed by atoms with Gasteiger partial charge in [0.05, 0.1) is 31.3 Å². The molecule has 1 fully saturated rings. The standard InChI is InChI=1S/C10H20O3.C9H18O2/c1-5-10(7-11,6-8(2)3)9(12)13-4;1-6(2)7-3-8(10)5-9(11)4-7/h8,11H,5-7H2,1-4H3;6-11H,3-5H2,1-2H3. The zero-order chi connectivity index (χ0) is 18.9. The molecule has 0 aromatic rings. The summed E-state index contributed by atoms with van der Waals surface area (Å²) in [5.74, 6) is 1.17. The number of aliphatic hydroxyl groups is 3. The first kappa shape index (κ1) is 23.4. The van der Waals surface area contributed by atoms with Gasteiger partial charge in [-0.15, -0.1) is 0 Å². The molecule has 3 N–H and O–H groups in total. The Balaban J connectivity index is 0.000000446. The summed E-state index contributed by atoms with van der Waals surface area (Å²) in [6, 6.07) is 0. The Morgan fingerprint density at radius 3 is 1.92 bits per heavy atom. The summed E-state index contributed by atoms with van der Waals surface area (Å²) in [6.45, 7) is 10.1. The zero-order valence-electron chi connectivity index (χ0n) is 16.3. The minimum Gasteiger partial charge on any atom is -0.469 e. The van der Waals surface area contributed by atoms with Crippen LogP contribution in [0.5, 0.6) is 0 Å². The second-order valence-corrected chi connectivity index (χ2v) is 7.90. The Morgan fingerprint density at radius 1 is 1.12 bits per heavy atom. The van der Waals surface area contributed by atoms with Crippen molar-refractivity contribution in [2.24, 2.45) is 23.2 Å². The molecule has 0 spiro atoms. The van der Waals surface area contributed by atoms with E-state index in [9.17, 15) is 20.1 Å². The molecule has 0 aromatic carbocycles. The maximum Gasteiger partial charge on any atom is 0.314 e. The molecule has 1 aliphatic carbocycles. The summed E-state index contributed by atoms with van der Waals surface area (Å²) in [4.78, 5) is 11.4. The Kier molecular flexibility index (Phi) is 10.8. The van der Waals surface area contributed by atoms with Gasteiger partial charge >= 0.3 is 5.97 Å². The van der Waals surface area contributed by atoms with E-state index < -0.39 is 5.41 Å². The molecule has 0 bridgehead atoms. The minimum atomic E-state index is -0.692. The molecular weight excluding hydrogens is 308 g/mol. The largest absolute Gasteiger partial charge is 0.469 e. The normalized spacial score (nSPS) is 26.5. The van der Waals surface area contributed by atoms with Crippen LogP contribution in [-0.4, -0.2) is 47.2 Å². The van der Waals surface area contributed by atoms with Gasteiger partial charge in [-0.3, -0.25) is 4.79 Å². The Hall–Kier alpha value is -0.650. The third-order valence-electron chi connectivity index (χ3n) is 5.03. The highest BCUT2D eigenvalue weighted by atomic mass is 16.5. The number of hydrogen-bond donors (Lipinski definition) is 3. The first-order valence-corrected chi connectivity index (χ1v) is 9.17. The van der Waals surface area contributed by atoms with Crippen molar-refractivity contribution in [3.8, 4) is 0 Å². The topological polar surface area (TPSA) is 87.0 Å². The molecule has 3 unspecified atom stereocenters. The molecule has 5 nitrogen and oxygen atoms in total. The molecule has 0 radical (unpaired) electrons. The van der Waals surface area contributed by atoms with Gasteiger partial charge in [0.2, 0.25) is 0 Å². The van der Waals surface area contributed by atoms with E-state index in [1.54, 1.807) is 0 Å². The van der Waals surface area contributed by atoms with Gasteiger partial charge < -0.3 is 20.1 Å². The van der Waals surface area contributed by atoms with Crippen molar-refractivity contribution in [1.29, 1.82) is 0 Å². The SMILES string of the molecule is CC(C)C1CC(O)CC(O)C1.CCC(CO)(CC(C)C)C(=O)OC. The summed E-state index contributed by atoms with van der Waals surface area (Å²) in [6.07, 6.45) is 3.06. The Labute approximate surface area is 147 Å². The van der Waals surface area contributed by atoms with Crippen molar-refractivity contribution >= 4 is 5.97 Å². The van der Waals surface area contributed by atoms with Crippen molar-refractivity contribution in [3.63, 3.8) is 0 Å². The monoisotopic (exact) mass is 346 g/mol. The quantitative estimate of drug-likeness (QED) is 0.644. The number of esters is 1. The molecule has 0 saturated heterocycles. The van der Waals surface area contributed by atoms with Crippen LogP contribution in [-0.2, 0) is 9.53 Å². The van der Waals surface area contributed by atoms with Gasteiger partial charge in [0.1, 0.15) is 0 Å². The van der Waals surface area contributed by atoms with E-state index >= 15 is 0 Å². The predicted octanol–water partition coefficient (Wildman–Crippen LogP) is 2.76. The highest BCUT2D eigenvalue weighted by Gasteiger charge is 2.37. The van der Waals surface area contributed by atoms with E-state index in [4.69, 9.17) is 4.74 Å². The molecule has 0 heterocycles. The Morgan fingerprint density at radius 2 is 1.62 bits per heavy atom. The third-order valence-corrected chi connectivity index (χ3v) is 5.03. The van der Waals surface area contributed by atoms with Gasteiger partial charge in [-0.2, -0.15) is 0 Å². The van der Waals surface area contributed by atoms with Crippen molar-refractivity contribution < 1.29 is 24.9 Å². The van der Waals surface area contributed by atoms with Crippen molar-refractivity contribution in [1.82, 2.24) is 0 Å². The van der Waals surface area contributed by atoms with Crippen molar-refractivity contribution in [2.45, 2.75) is 78.9 Å². The van der Waals surface area contributed by atoms with E-state index in [-0.39, 0.29) is 24.8 Å². The molecule has 0 aliphatic heterocycles. The minimum absolute atomic E-state index is 0.131. The zero-order valence-corrected chi connectivity index (χ0v) is 16.3. The average molecular weight is 347 g/mol. The van der Waals surface area contributed by atoms with Crippen LogP contribution in [0.3, 0.4) is 0 Å². The van der Waals surface area contributed by atoms with Crippen LogP contribution in [0.1, 0.15) is 66.7 Å². The van der Waals surface area contributed by atoms with E-state index in [1.165, 1.54) is 7.11 Å². The number of methoxy groups -OCH3 is 1. The molecule has 1 saturated carbocycles. The summed E-state index contributed by atoms with van der Waals surface area (Å²) >= 11 is 0. The molecule has 1 aliphatic rings. The second-order valence-electron chi connectivity index (χ2n) is 7.90. The highest BCUT2D eigenvalue weighted by molar-refractivity contribution is 5.76. The molecule has 144 valence electrons. The van der Waals surface area contributed by atoms with Gasteiger partial charge in [-0.05, 0) is 49.9 Å². The summed E-state index contributed by atoms with van der Waals surface area (Å²) in [5, 5.41) is 27.9. The van der Waals surface area contributed by atoms with Gasteiger partial charge in [-0.1, -0.05) is 34.6 Å². The first-order valence-electron chi connectivity index (χ1n) is 9.17. The lowest BCUT2D eigenvalue weighted by Gasteiger charge is -2.32. The van der Waals surface area contributed by atoms with Crippen molar-refractivity contribution in [3.05, 3.63) is 0 Å². The lowest BCUT2D eigenvalue weighted by Crippen LogP contribution is -2.36. The van der Waals surface area contributed by atoms with Gasteiger partial charge in [0, 0.05) is 0 Å². The van der Waals surface area contributed by atoms with E-state index in [2.05, 4.69) is 13.8 Å². The van der Waals surface area contributed by atoms with Gasteiger partial charge in [-0.25, -0.2) is 0 Å². The molecule has 24 heavy (non-hydrogen) atoms. The lowest BCUT2D eigenvalue weighted by molar-refractivity contribution is -0.157. The maximum absolute atomic E-state index is 11.4. The number of aliphatic hydroxyl groups excluding tert-OH is 3. The summed E-state index contributed by atoms with van der Waals surface area (Å²) in [7, 11) is 1.36. The highest BCUT2D eigenvalue weighted by Crippen LogP contribution is 2.31. The Bertz CT molecular complexity index is 340. The van der Waals surface area contributed by atoms with Crippen LogP contribution in [0.25, 0.3) is 0 Å². The molecule has 0 aromatic heterocycles. The smallest absolute Gasteiger partial charge is 0.314 e. The van der Waals surface area contributed by atoms with Gasteiger partial charge in [0.25, 0.3) is 0 Å². The van der Waals surface area contributed by atoms with Gasteiger partial charge in [0.15, 0.2) is 0 Å². The van der Waals surface area contributed by atoms with Crippen LogP contribution >= 0.6 is 0 Å². The number of ether oxygens (including phenoxy) is 1. The molecule has 3 atom stereocenters. The number of carbonyl (C=O) groups excluding carboxylic acids is 1. The number of carbonyl (C=O) groups is 1. The van der Waals surface area contributed by atoms with Crippen LogP contribution in [0.15, 0.2) is 0 Å². The molecule has 0 amide bonds. The second kappa shape index (κ2) is 11.1. The predicted molar refractivity (Wildman–Crippen MR) is 95.5 cm³/mol. The van der Waals surface area contributed by atoms with Crippen LogP contribution in [0, 0.1) is 23.2 Å². The summed E-state index contributed by atoms with van der Waals surface area (Å²) < 4.78 is 4.70. The van der Waals surface area contributed by atoms with Crippen LogP contribution in [0.4, 0.5) is 0 Å². The first-order chi connectivity index (χ1) is 11.1. The van der Waals surface area contributed by atoms with Crippen LogP contribution in [0.2, 0.25) is 0 Å². The van der Waals surface area contributed by atoms with Crippen LogP contribution < -0.4 is 0 Å². The maximum atomic E-state index is 11.4. The fourth-order valence-corrected chi connectivity index (χ4v) is 3.46. The average Bonchev–Trinajstić information content (AvgIpc) is 2.51. The molecular formula is C19H38O5.